The zero-order valence-corrected chi connectivity index (χ0v) is 9.11. The average molecular weight is 210 g/mol. The number of allylic oxidation sites excluding steroid dienone is 1. The third-order valence-corrected chi connectivity index (χ3v) is 3.41. The third kappa shape index (κ3) is 1.32. The molecule has 1 heteroatoms. The molecule has 0 saturated carbocycles. The molecule has 1 nitrogen and oxygen atoms in total. The zero-order valence-electron chi connectivity index (χ0n) is 9.11. The molecule has 0 saturated heterocycles. The minimum Gasteiger partial charge on any atom is -0.513 e. The van der Waals surface area contributed by atoms with Gasteiger partial charge in [-0.25, -0.2) is 0 Å². The van der Waals surface area contributed by atoms with Gasteiger partial charge in [0.15, 0.2) is 0 Å². The number of benzene rings is 2. The topological polar surface area (TPSA) is 20.2 Å². The Kier molecular flexibility index (Phi) is 2.00. The van der Waals surface area contributed by atoms with Gasteiger partial charge < -0.3 is 5.11 Å². The number of rotatable bonds is 2. The lowest BCUT2D eigenvalue weighted by atomic mass is 9.96. The third-order valence-electron chi connectivity index (χ3n) is 3.41. The molecule has 0 amide bonds. The first-order valence-electron chi connectivity index (χ1n) is 5.63. The molecule has 0 radical (unpaired) electrons. The predicted molar refractivity (Wildman–Crippen MR) is 66.8 cm³/mol. The Morgan fingerprint density at radius 2 is 2.00 bits per heavy atom. The summed E-state index contributed by atoms with van der Waals surface area (Å²) in [6, 6.07) is 12.9. The van der Waals surface area contributed by atoms with E-state index in [0.29, 0.717) is 12.3 Å². The number of aliphatic hydroxyl groups excluding tert-OH is 1. The van der Waals surface area contributed by atoms with Crippen molar-refractivity contribution in [1.82, 2.24) is 0 Å². The Morgan fingerprint density at radius 3 is 2.75 bits per heavy atom. The summed E-state index contributed by atoms with van der Waals surface area (Å²) in [4.78, 5) is 0. The maximum absolute atomic E-state index is 9.35. The lowest BCUT2D eigenvalue weighted by Crippen LogP contribution is -1.97. The van der Waals surface area contributed by atoms with E-state index in [-0.39, 0.29) is 5.76 Å². The number of hydrogen-bond acceptors (Lipinski definition) is 1. The molecule has 0 heterocycles. The van der Waals surface area contributed by atoms with Crippen molar-refractivity contribution in [3.8, 4) is 0 Å². The summed E-state index contributed by atoms with van der Waals surface area (Å²) in [6.45, 7) is 3.60. The van der Waals surface area contributed by atoms with Gasteiger partial charge in [-0.05, 0) is 34.2 Å². The van der Waals surface area contributed by atoms with E-state index in [1.165, 1.54) is 21.9 Å². The molecule has 80 valence electrons. The summed E-state index contributed by atoms with van der Waals surface area (Å²) in [5.41, 5.74) is 2.77. The Morgan fingerprint density at radius 1 is 1.25 bits per heavy atom. The first kappa shape index (κ1) is 9.46. The van der Waals surface area contributed by atoms with Crippen LogP contribution in [-0.4, -0.2) is 5.11 Å². The summed E-state index contributed by atoms with van der Waals surface area (Å²) in [7, 11) is 0. The van der Waals surface area contributed by atoms with Crippen LogP contribution in [0.4, 0.5) is 0 Å². The number of hydrogen-bond donors (Lipinski definition) is 1. The van der Waals surface area contributed by atoms with E-state index >= 15 is 0 Å². The SMILES string of the molecule is C=C(O)CC1Cc2cccc3cccc1c23. The van der Waals surface area contributed by atoms with Crippen molar-refractivity contribution in [3.63, 3.8) is 0 Å². The van der Waals surface area contributed by atoms with Crippen LogP contribution in [0, 0.1) is 0 Å². The molecule has 2 aromatic rings. The minimum absolute atomic E-state index is 0.287. The van der Waals surface area contributed by atoms with Crippen molar-refractivity contribution in [3.05, 3.63) is 59.9 Å². The van der Waals surface area contributed by atoms with E-state index in [2.05, 4.69) is 43.0 Å². The van der Waals surface area contributed by atoms with E-state index in [4.69, 9.17) is 0 Å². The highest BCUT2D eigenvalue weighted by Gasteiger charge is 2.24. The van der Waals surface area contributed by atoms with E-state index in [9.17, 15) is 5.11 Å². The van der Waals surface area contributed by atoms with Gasteiger partial charge in [-0.2, -0.15) is 0 Å². The molecule has 0 bridgehead atoms. The minimum atomic E-state index is 0.287. The fraction of sp³-hybridized carbons (Fsp3) is 0.200. The smallest absolute Gasteiger partial charge is 0.0857 e. The summed E-state index contributed by atoms with van der Waals surface area (Å²) in [5.74, 6) is 0.688. The van der Waals surface area contributed by atoms with E-state index in [0.717, 1.165) is 6.42 Å². The van der Waals surface area contributed by atoms with Crippen molar-refractivity contribution in [1.29, 1.82) is 0 Å². The van der Waals surface area contributed by atoms with Crippen molar-refractivity contribution in [2.75, 3.05) is 0 Å². The maximum atomic E-state index is 9.35. The lowest BCUT2D eigenvalue weighted by Gasteiger charge is -2.09. The number of aliphatic hydroxyl groups is 1. The van der Waals surface area contributed by atoms with E-state index in [1.807, 2.05) is 0 Å². The second-order valence-corrected chi connectivity index (χ2v) is 4.53. The van der Waals surface area contributed by atoms with Gasteiger partial charge in [-0.3, -0.25) is 0 Å². The van der Waals surface area contributed by atoms with Crippen LogP contribution in [0.15, 0.2) is 48.7 Å². The Balaban J connectivity index is 2.17. The zero-order chi connectivity index (χ0) is 11.1. The Bertz CT molecular complexity index is 563. The highest BCUT2D eigenvalue weighted by Crippen LogP contribution is 2.40. The van der Waals surface area contributed by atoms with Crippen LogP contribution < -0.4 is 0 Å². The van der Waals surface area contributed by atoms with Gasteiger partial charge in [0.2, 0.25) is 0 Å². The Labute approximate surface area is 95.0 Å². The van der Waals surface area contributed by atoms with E-state index in [1.54, 1.807) is 0 Å². The largest absolute Gasteiger partial charge is 0.513 e. The molecule has 16 heavy (non-hydrogen) atoms. The van der Waals surface area contributed by atoms with Gasteiger partial charge in [0, 0.05) is 6.42 Å². The van der Waals surface area contributed by atoms with Crippen molar-refractivity contribution >= 4 is 10.8 Å². The molecule has 0 aliphatic heterocycles. The highest BCUT2D eigenvalue weighted by atomic mass is 16.3. The summed E-state index contributed by atoms with van der Waals surface area (Å²) in [6.07, 6.45) is 1.70. The summed E-state index contributed by atoms with van der Waals surface area (Å²) < 4.78 is 0. The maximum Gasteiger partial charge on any atom is 0.0857 e. The molecule has 0 spiro atoms. The fourth-order valence-corrected chi connectivity index (χ4v) is 2.80. The predicted octanol–water partition coefficient (Wildman–Crippen LogP) is 3.94. The van der Waals surface area contributed by atoms with Crippen LogP contribution in [0.25, 0.3) is 10.8 Å². The first-order valence-corrected chi connectivity index (χ1v) is 5.63. The molecule has 3 rings (SSSR count). The molecular weight excluding hydrogens is 196 g/mol. The Hall–Kier alpha value is -1.76. The molecule has 1 unspecified atom stereocenters. The van der Waals surface area contributed by atoms with Gasteiger partial charge in [-0.15, -0.1) is 0 Å². The molecular formula is C15H14O. The van der Waals surface area contributed by atoms with Crippen molar-refractivity contribution < 1.29 is 5.11 Å². The standard InChI is InChI=1S/C15H14O/c1-10(16)8-13-9-12-6-2-4-11-5-3-7-14(13)15(11)12/h2-7,13,16H,1,8-9H2. The quantitative estimate of drug-likeness (QED) is 0.744. The molecule has 1 aliphatic carbocycles. The van der Waals surface area contributed by atoms with Crippen LogP contribution >= 0.6 is 0 Å². The van der Waals surface area contributed by atoms with Gasteiger partial charge in [0.1, 0.15) is 0 Å². The molecule has 0 fully saturated rings. The van der Waals surface area contributed by atoms with Gasteiger partial charge in [-0.1, -0.05) is 43.0 Å². The van der Waals surface area contributed by atoms with E-state index < -0.39 is 0 Å². The van der Waals surface area contributed by atoms with Crippen LogP contribution in [0.3, 0.4) is 0 Å². The van der Waals surface area contributed by atoms with Crippen LogP contribution in [0.1, 0.15) is 23.5 Å². The first-order chi connectivity index (χ1) is 7.75. The van der Waals surface area contributed by atoms with Crippen LogP contribution in [-0.2, 0) is 6.42 Å². The van der Waals surface area contributed by atoms with Gasteiger partial charge in [0.25, 0.3) is 0 Å². The monoisotopic (exact) mass is 210 g/mol. The molecule has 1 aliphatic rings. The highest BCUT2D eigenvalue weighted by molar-refractivity contribution is 5.91. The van der Waals surface area contributed by atoms with Crippen LogP contribution in [0.5, 0.6) is 0 Å². The lowest BCUT2D eigenvalue weighted by molar-refractivity contribution is 0.377. The summed E-state index contributed by atoms with van der Waals surface area (Å²) in [5, 5.41) is 12.0. The second-order valence-electron chi connectivity index (χ2n) is 4.53. The van der Waals surface area contributed by atoms with Gasteiger partial charge >= 0.3 is 0 Å². The van der Waals surface area contributed by atoms with Crippen LogP contribution in [0.2, 0.25) is 0 Å². The second kappa shape index (κ2) is 3.38. The normalized spacial score (nSPS) is 17.9. The average Bonchev–Trinajstić information content (AvgIpc) is 2.59. The molecule has 2 aromatic carbocycles. The molecule has 1 atom stereocenters. The van der Waals surface area contributed by atoms with Crippen molar-refractivity contribution in [2.45, 2.75) is 18.8 Å². The van der Waals surface area contributed by atoms with Crippen molar-refractivity contribution in [2.24, 2.45) is 0 Å². The molecule has 0 aromatic heterocycles. The van der Waals surface area contributed by atoms with Gasteiger partial charge in [0.05, 0.1) is 5.76 Å². The summed E-state index contributed by atoms with van der Waals surface area (Å²) >= 11 is 0. The molecule has 1 N–H and O–H groups in total. The fourth-order valence-electron chi connectivity index (χ4n) is 2.80.